The molecule has 1 unspecified atom stereocenters. The number of nitrogens with one attached hydrogen (secondary N) is 1. The summed E-state index contributed by atoms with van der Waals surface area (Å²) in [6.45, 7) is 7.66. The third kappa shape index (κ3) is 4.18. The molecule has 0 saturated carbocycles. The lowest BCUT2D eigenvalue weighted by Crippen LogP contribution is -2.42. The Labute approximate surface area is 92.0 Å². The van der Waals surface area contributed by atoms with Crippen molar-refractivity contribution in [1.82, 2.24) is 10.2 Å². The van der Waals surface area contributed by atoms with Gasteiger partial charge in [-0.3, -0.25) is 4.79 Å². The minimum Gasteiger partial charge on any atom is -0.376 e. The maximum absolute atomic E-state index is 11.7. The summed E-state index contributed by atoms with van der Waals surface area (Å²) in [5.74, 6) is 0.176. The van der Waals surface area contributed by atoms with E-state index in [4.69, 9.17) is 4.74 Å². The van der Waals surface area contributed by atoms with E-state index in [1.54, 1.807) is 0 Å². The monoisotopic (exact) mass is 214 g/mol. The van der Waals surface area contributed by atoms with Crippen molar-refractivity contribution in [3.8, 4) is 0 Å². The minimum atomic E-state index is 0.176. The highest BCUT2D eigenvalue weighted by Crippen LogP contribution is 2.13. The van der Waals surface area contributed by atoms with Gasteiger partial charge in [0.25, 0.3) is 0 Å². The molecular formula is C11H22N2O2. The molecule has 0 aromatic carbocycles. The molecule has 1 rings (SSSR count). The second kappa shape index (κ2) is 6.80. The fourth-order valence-electron chi connectivity index (χ4n) is 1.79. The van der Waals surface area contributed by atoms with Gasteiger partial charge >= 0.3 is 0 Å². The van der Waals surface area contributed by atoms with Crippen LogP contribution in [-0.4, -0.2) is 49.7 Å². The van der Waals surface area contributed by atoms with E-state index in [0.717, 1.165) is 39.1 Å². The van der Waals surface area contributed by atoms with Gasteiger partial charge in [0.15, 0.2) is 0 Å². The molecule has 0 radical (unpaired) electrons. The van der Waals surface area contributed by atoms with Crippen molar-refractivity contribution in [3.63, 3.8) is 0 Å². The van der Waals surface area contributed by atoms with E-state index in [2.05, 4.69) is 5.32 Å². The van der Waals surface area contributed by atoms with E-state index >= 15 is 0 Å². The van der Waals surface area contributed by atoms with E-state index in [1.807, 2.05) is 18.7 Å². The van der Waals surface area contributed by atoms with E-state index in [0.29, 0.717) is 6.54 Å². The topological polar surface area (TPSA) is 41.6 Å². The molecule has 1 saturated heterocycles. The third-order valence-electron chi connectivity index (χ3n) is 2.71. The van der Waals surface area contributed by atoms with Crippen molar-refractivity contribution in [3.05, 3.63) is 0 Å². The summed E-state index contributed by atoms with van der Waals surface area (Å²) in [7, 11) is 0. The fourth-order valence-corrected chi connectivity index (χ4v) is 1.79. The summed E-state index contributed by atoms with van der Waals surface area (Å²) in [5, 5.41) is 3.06. The number of hydrogen-bond donors (Lipinski definition) is 1. The molecular weight excluding hydrogens is 192 g/mol. The quantitative estimate of drug-likeness (QED) is 0.705. The first-order chi connectivity index (χ1) is 7.27. The Morgan fingerprint density at radius 3 is 2.87 bits per heavy atom. The van der Waals surface area contributed by atoms with Gasteiger partial charge in [-0.1, -0.05) is 6.92 Å². The number of amides is 1. The lowest BCUT2D eigenvalue weighted by atomic mass is 10.2. The maximum Gasteiger partial charge on any atom is 0.236 e. The maximum atomic E-state index is 11.7. The molecule has 1 aliphatic rings. The van der Waals surface area contributed by atoms with E-state index < -0.39 is 0 Å². The van der Waals surface area contributed by atoms with Gasteiger partial charge in [0.1, 0.15) is 0 Å². The predicted molar refractivity (Wildman–Crippen MR) is 59.8 cm³/mol. The number of ether oxygens (including phenoxy) is 1. The second-order valence-electron chi connectivity index (χ2n) is 3.85. The smallest absolute Gasteiger partial charge is 0.236 e. The third-order valence-corrected chi connectivity index (χ3v) is 2.71. The summed E-state index contributed by atoms with van der Waals surface area (Å²) in [6, 6.07) is 0. The molecule has 1 fully saturated rings. The Hall–Kier alpha value is -0.610. The van der Waals surface area contributed by atoms with Crippen LogP contribution in [0.15, 0.2) is 0 Å². The molecule has 0 aromatic rings. The zero-order chi connectivity index (χ0) is 11.1. The van der Waals surface area contributed by atoms with Gasteiger partial charge in [0.2, 0.25) is 5.91 Å². The SMILES string of the molecule is CCNCC(=O)N(CC)CC1CCCO1. The van der Waals surface area contributed by atoms with Gasteiger partial charge in [0, 0.05) is 19.7 Å². The van der Waals surface area contributed by atoms with Crippen LogP contribution in [0.2, 0.25) is 0 Å². The van der Waals surface area contributed by atoms with Gasteiger partial charge in [-0.2, -0.15) is 0 Å². The minimum absolute atomic E-state index is 0.176. The van der Waals surface area contributed by atoms with Crippen LogP contribution in [0.4, 0.5) is 0 Å². The van der Waals surface area contributed by atoms with Crippen molar-refractivity contribution in [2.45, 2.75) is 32.8 Å². The number of carbonyl (C=O) groups excluding carboxylic acids is 1. The van der Waals surface area contributed by atoms with Crippen molar-refractivity contribution in [1.29, 1.82) is 0 Å². The first kappa shape index (κ1) is 12.5. The number of nitrogens with zero attached hydrogens (tertiary/aromatic N) is 1. The molecule has 0 spiro atoms. The molecule has 88 valence electrons. The summed E-state index contributed by atoms with van der Waals surface area (Å²) in [4.78, 5) is 13.6. The lowest BCUT2D eigenvalue weighted by molar-refractivity contribution is -0.131. The highest BCUT2D eigenvalue weighted by molar-refractivity contribution is 5.78. The normalized spacial score (nSPS) is 20.5. The van der Waals surface area contributed by atoms with Crippen molar-refractivity contribution >= 4 is 5.91 Å². The number of likely N-dealkylation sites (N-methyl/N-ethyl adjacent to an activating group) is 2. The summed E-state index contributed by atoms with van der Waals surface area (Å²) >= 11 is 0. The Balaban J connectivity index is 2.29. The van der Waals surface area contributed by atoms with Crippen LogP contribution >= 0.6 is 0 Å². The molecule has 4 nitrogen and oxygen atoms in total. The van der Waals surface area contributed by atoms with Gasteiger partial charge < -0.3 is 15.0 Å². The van der Waals surface area contributed by atoms with Crippen LogP contribution in [0.25, 0.3) is 0 Å². The Kier molecular flexibility index (Phi) is 5.65. The Morgan fingerprint density at radius 1 is 1.53 bits per heavy atom. The van der Waals surface area contributed by atoms with Crippen LogP contribution in [0, 0.1) is 0 Å². The second-order valence-corrected chi connectivity index (χ2v) is 3.85. The number of carbonyl (C=O) groups is 1. The molecule has 1 heterocycles. The Morgan fingerprint density at radius 2 is 2.33 bits per heavy atom. The van der Waals surface area contributed by atoms with Gasteiger partial charge in [-0.05, 0) is 26.3 Å². The van der Waals surface area contributed by atoms with E-state index in [9.17, 15) is 4.79 Å². The van der Waals surface area contributed by atoms with Gasteiger partial charge in [-0.15, -0.1) is 0 Å². The molecule has 1 amide bonds. The Bertz CT molecular complexity index is 191. The first-order valence-electron chi connectivity index (χ1n) is 5.88. The lowest BCUT2D eigenvalue weighted by Gasteiger charge is -2.24. The van der Waals surface area contributed by atoms with Crippen LogP contribution < -0.4 is 5.32 Å². The highest BCUT2D eigenvalue weighted by atomic mass is 16.5. The largest absolute Gasteiger partial charge is 0.376 e. The number of hydrogen-bond acceptors (Lipinski definition) is 3. The molecule has 15 heavy (non-hydrogen) atoms. The van der Waals surface area contributed by atoms with Gasteiger partial charge in [-0.25, -0.2) is 0 Å². The highest BCUT2D eigenvalue weighted by Gasteiger charge is 2.20. The van der Waals surface area contributed by atoms with E-state index in [1.165, 1.54) is 0 Å². The molecule has 1 aliphatic heterocycles. The van der Waals surface area contributed by atoms with Crippen LogP contribution in [-0.2, 0) is 9.53 Å². The van der Waals surface area contributed by atoms with Gasteiger partial charge in [0.05, 0.1) is 12.6 Å². The molecule has 4 heteroatoms. The van der Waals surface area contributed by atoms with Crippen LogP contribution in [0.5, 0.6) is 0 Å². The average molecular weight is 214 g/mol. The average Bonchev–Trinajstić information content (AvgIpc) is 2.75. The number of rotatable bonds is 6. The van der Waals surface area contributed by atoms with Crippen molar-refractivity contribution < 1.29 is 9.53 Å². The van der Waals surface area contributed by atoms with Crippen molar-refractivity contribution in [2.24, 2.45) is 0 Å². The van der Waals surface area contributed by atoms with Crippen molar-refractivity contribution in [2.75, 3.05) is 32.8 Å². The molecule has 0 aliphatic carbocycles. The predicted octanol–water partition coefficient (Wildman–Crippen LogP) is 0.623. The standard InChI is InChI=1S/C11H22N2O2/c1-3-12-8-11(14)13(4-2)9-10-6-5-7-15-10/h10,12H,3-9H2,1-2H3. The molecule has 1 atom stereocenters. The fraction of sp³-hybridized carbons (Fsp3) is 0.909. The zero-order valence-corrected chi connectivity index (χ0v) is 9.79. The summed E-state index contributed by atoms with van der Waals surface area (Å²) < 4.78 is 5.53. The van der Waals surface area contributed by atoms with Crippen LogP contribution in [0.1, 0.15) is 26.7 Å². The molecule has 0 aromatic heterocycles. The van der Waals surface area contributed by atoms with Crippen LogP contribution in [0.3, 0.4) is 0 Å². The molecule has 1 N–H and O–H groups in total. The zero-order valence-electron chi connectivity index (χ0n) is 9.79. The summed E-state index contributed by atoms with van der Waals surface area (Å²) in [6.07, 6.45) is 2.48. The first-order valence-corrected chi connectivity index (χ1v) is 5.88. The molecule has 0 bridgehead atoms. The van der Waals surface area contributed by atoms with E-state index in [-0.39, 0.29) is 12.0 Å². The summed E-state index contributed by atoms with van der Waals surface area (Å²) in [5.41, 5.74) is 0.